The van der Waals surface area contributed by atoms with Crippen LogP contribution in [0, 0.1) is 6.92 Å². The van der Waals surface area contributed by atoms with Crippen molar-refractivity contribution in [2.45, 2.75) is 26.7 Å². The molecule has 2 aromatic heterocycles. The van der Waals surface area contributed by atoms with Gasteiger partial charge in [0.25, 0.3) is 0 Å². The highest BCUT2D eigenvalue weighted by Crippen LogP contribution is 2.32. The van der Waals surface area contributed by atoms with E-state index >= 15 is 0 Å². The van der Waals surface area contributed by atoms with Gasteiger partial charge in [-0.15, -0.1) is 11.3 Å². The van der Waals surface area contributed by atoms with E-state index in [9.17, 15) is 4.79 Å². The third-order valence-corrected chi connectivity index (χ3v) is 4.09. The average Bonchev–Trinajstić information content (AvgIpc) is 2.79. The molecule has 2 heterocycles. The summed E-state index contributed by atoms with van der Waals surface area (Å²) >= 11 is 7.41. The van der Waals surface area contributed by atoms with E-state index < -0.39 is 0 Å². The van der Waals surface area contributed by atoms with Crippen LogP contribution in [0.25, 0.3) is 11.3 Å². The Hall–Kier alpha value is -1.46. The number of nitrogens with zero attached hydrogens (tertiary/aromatic N) is 2. The number of ether oxygens (including phenoxy) is 1. The highest BCUT2D eigenvalue weighted by atomic mass is 35.5. The van der Waals surface area contributed by atoms with Crippen LogP contribution in [0.1, 0.15) is 34.4 Å². The Kier molecular flexibility index (Phi) is 4.73. The molecule has 20 heavy (non-hydrogen) atoms. The number of rotatable bonds is 4. The summed E-state index contributed by atoms with van der Waals surface area (Å²) in [6, 6.07) is 1.68. The molecule has 0 spiro atoms. The first-order valence-corrected chi connectivity index (χ1v) is 7.52. The minimum absolute atomic E-state index is 0.357. The van der Waals surface area contributed by atoms with Crippen LogP contribution in [-0.2, 0) is 11.2 Å². The molecule has 0 aliphatic rings. The summed E-state index contributed by atoms with van der Waals surface area (Å²) in [5, 5.41) is 2.30. The zero-order chi connectivity index (χ0) is 14.7. The normalized spacial score (nSPS) is 10.6. The van der Waals surface area contributed by atoms with E-state index in [1.807, 2.05) is 12.3 Å². The summed E-state index contributed by atoms with van der Waals surface area (Å²) in [7, 11) is 1.37. The molecule has 0 amide bonds. The van der Waals surface area contributed by atoms with Crippen LogP contribution in [0.3, 0.4) is 0 Å². The van der Waals surface area contributed by atoms with Crippen molar-refractivity contribution in [1.29, 1.82) is 0 Å². The molecule has 0 aliphatic carbocycles. The summed E-state index contributed by atoms with van der Waals surface area (Å²) < 4.78 is 4.81. The van der Waals surface area contributed by atoms with Crippen molar-refractivity contribution >= 4 is 28.9 Å². The Morgan fingerprint density at radius 1 is 1.45 bits per heavy atom. The lowest BCUT2D eigenvalue weighted by atomic mass is 10.1. The Balaban J connectivity index is 2.56. The third-order valence-electron chi connectivity index (χ3n) is 2.82. The van der Waals surface area contributed by atoms with E-state index in [0.29, 0.717) is 21.5 Å². The fourth-order valence-corrected chi connectivity index (χ4v) is 3.11. The molecule has 0 bridgehead atoms. The van der Waals surface area contributed by atoms with Crippen LogP contribution in [0.15, 0.2) is 11.4 Å². The first kappa shape index (κ1) is 14.9. The van der Waals surface area contributed by atoms with E-state index in [0.717, 1.165) is 24.0 Å². The van der Waals surface area contributed by atoms with Crippen molar-refractivity contribution in [2.24, 2.45) is 0 Å². The highest BCUT2D eigenvalue weighted by molar-refractivity contribution is 7.12. The molecular weight excluding hydrogens is 296 g/mol. The van der Waals surface area contributed by atoms with Gasteiger partial charge in [-0.3, -0.25) is 0 Å². The van der Waals surface area contributed by atoms with Gasteiger partial charge in [0.1, 0.15) is 15.9 Å². The standard InChI is InChI=1S/C14H15ClN2O2S/c1-4-5-11-16-9(6-10(15)17-11)12-8(2)7-20-13(12)14(18)19-3/h6-7H,4-5H2,1-3H3. The van der Waals surface area contributed by atoms with Gasteiger partial charge in [-0.1, -0.05) is 18.5 Å². The fraction of sp³-hybridized carbons (Fsp3) is 0.357. The molecule has 0 fully saturated rings. The lowest BCUT2D eigenvalue weighted by molar-refractivity contribution is 0.0607. The highest BCUT2D eigenvalue weighted by Gasteiger charge is 2.20. The minimum Gasteiger partial charge on any atom is -0.465 e. The van der Waals surface area contributed by atoms with Crippen LogP contribution in [0.2, 0.25) is 5.15 Å². The Morgan fingerprint density at radius 3 is 2.85 bits per heavy atom. The molecule has 4 nitrogen and oxygen atoms in total. The monoisotopic (exact) mass is 310 g/mol. The van der Waals surface area contributed by atoms with Crippen molar-refractivity contribution < 1.29 is 9.53 Å². The molecular formula is C14H15ClN2O2S. The number of carbonyl (C=O) groups is 1. The molecule has 0 unspecified atom stereocenters. The lowest BCUT2D eigenvalue weighted by Gasteiger charge is -2.06. The number of hydrogen-bond acceptors (Lipinski definition) is 5. The van der Waals surface area contributed by atoms with Gasteiger partial charge in [-0.25, -0.2) is 14.8 Å². The van der Waals surface area contributed by atoms with Crippen molar-refractivity contribution in [1.82, 2.24) is 9.97 Å². The smallest absolute Gasteiger partial charge is 0.348 e. The maximum atomic E-state index is 11.8. The second-order valence-electron chi connectivity index (χ2n) is 4.36. The summed E-state index contributed by atoms with van der Waals surface area (Å²) in [5.74, 6) is 0.335. The van der Waals surface area contributed by atoms with Crippen molar-refractivity contribution in [3.05, 3.63) is 32.9 Å². The van der Waals surface area contributed by atoms with Crippen molar-refractivity contribution in [2.75, 3.05) is 7.11 Å². The topological polar surface area (TPSA) is 52.1 Å². The summed E-state index contributed by atoms with van der Waals surface area (Å²) in [6.45, 7) is 3.99. The van der Waals surface area contributed by atoms with Crippen molar-refractivity contribution in [3.63, 3.8) is 0 Å². The molecule has 0 radical (unpaired) electrons. The number of esters is 1. The van der Waals surface area contributed by atoms with Crippen LogP contribution >= 0.6 is 22.9 Å². The van der Waals surface area contributed by atoms with E-state index in [4.69, 9.17) is 16.3 Å². The average molecular weight is 311 g/mol. The Bertz CT molecular complexity index is 640. The maximum Gasteiger partial charge on any atom is 0.348 e. The summed E-state index contributed by atoms with van der Waals surface area (Å²) in [4.78, 5) is 21.1. The van der Waals surface area contributed by atoms with Crippen LogP contribution in [0.4, 0.5) is 0 Å². The number of aryl methyl sites for hydroxylation is 2. The quantitative estimate of drug-likeness (QED) is 0.634. The molecule has 2 rings (SSSR count). The Labute approximate surface area is 126 Å². The molecule has 0 saturated carbocycles. The second kappa shape index (κ2) is 6.33. The number of aromatic nitrogens is 2. The molecule has 0 atom stereocenters. The lowest BCUT2D eigenvalue weighted by Crippen LogP contribution is -2.03. The maximum absolute atomic E-state index is 11.8. The van der Waals surface area contributed by atoms with E-state index in [1.165, 1.54) is 18.4 Å². The van der Waals surface area contributed by atoms with Crippen molar-refractivity contribution in [3.8, 4) is 11.3 Å². The SMILES string of the molecule is CCCc1nc(Cl)cc(-c2c(C)csc2C(=O)OC)n1. The largest absolute Gasteiger partial charge is 0.465 e. The molecule has 0 aliphatic heterocycles. The van der Waals surface area contributed by atoms with Crippen LogP contribution in [0.5, 0.6) is 0 Å². The second-order valence-corrected chi connectivity index (χ2v) is 5.62. The molecule has 0 saturated heterocycles. The van der Waals surface area contributed by atoms with Crippen LogP contribution < -0.4 is 0 Å². The predicted octanol–water partition coefficient (Wildman–Crippen LogP) is 3.91. The van der Waals surface area contributed by atoms with Gasteiger partial charge < -0.3 is 4.74 Å². The van der Waals surface area contributed by atoms with Gasteiger partial charge in [-0.05, 0) is 24.3 Å². The number of methoxy groups -OCH3 is 1. The zero-order valence-electron chi connectivity index (χ0n) is 11.6. The minimum atomic E-state index is -0.357. The molecule has 2 aromatic rings. The number of halogens is 1. The molecule has 0 N–H and O–H groups in total. The Morgan fingerprint density at radius 2 is 2.20 bits per heavy atom. The number of thiophene rings is 1. The van der Waals surface area contributed by atoms with E-state index in [-0.39, 0.29) is 5.97 Å². The third kappa shape index (κ3) is 2.99. The van der Waals surface area contributed by atoms with Gasteiger partial charge >= 0.3 is 5.97 Å². The van der Waals surface area contributed by atoms with Crippen LogP contribution in [-0.4, -0.2) is 23.0 Å². The number of hydrogen-bond donors (Lipinski definition) is 0. The fourth-order valence-electron chi connectivity index (χ4n) is 1.93. The predicted molar refractivity (Wildman–Crippen MR) is 80.4 cm³/mol. The van der Waals surface area contributed by atoms with Gasteiger partial charge in [-0.2, -0.15) is 0 Å². The summed E-state index contributed by atoms with van der Waals surface area (Å²) in [5.41, 5.74) is 2.43. The molecule has 6 heteroatoms. The van der Waals surface area contributed by atoms with Gasteiger partial charge in [0, 0.05) is 18.1 Å². The van der Waals surface area contributed by atoms with Gasteiger partial charge in [0.15, 0.2) is 0 Å². The molecule has 106 valence electrons. The first-order chi connectivity index (χ1) is 9.56. The van der Waals surface area contributed by atoms with E-state index in [1.54, 1.807) is 6.07 Å². The number of carbonyl (C=O) groups excluding carboxylic acids is 1. The summed E-state index contributed by atoms with van der Waals surface area (Å²) in [6.07, 6.45) is 1.69. The zero-order valence-corrected chi connectivity index (χ0v) is 13.1. The molecule has 0 aromatic carbocycles. The first-order valence-electron chi connectivity index (χ1n) is 6.27. The van der Waals surface area contributed by atoms with Gasteiger partial charge in [0.2, 0.25) is 0 Å². The van der Waals surface area contributed by atoms with Gasteiger partial charge in [0.05, 0.1) is 12.8 Å². The van der Waals surface area contributed by atoms with E-state index in [2.05, 4.69) is 16.9 Å².